The SMILES string of the molecule is C=C[C@@]1(CO)CC[C@@]2(C)C(CC[C@]3(O)C2CCCC3(C)C)C1. The summed E-state index contributed by atoms with van der Waals surface area (Å²) < 4.78 is 0. The van der Waals surface area contributed by atoms with Crippen LogP contribution >= 0.6 is 0 Å². The molecule has 0 heterocycles. The van der Waals surface area contributed by atoms with Gasteiger partial charge in [0, 0.05) is 5.41 Å². The second-order valence-corrected chi connectivity index (χ2v) is 9.42. The predicted octanol–water partition coefficient (Wildman–Crippen LogP) is 4.31. The molecule has 0 radical (unpaired) electrons. The lowest BCUT2D eigenvalue weighted by atomic mass is 9.42. The first-order chi connectivity index (χ1) is 10.2. The summed E-state index contributed by atoms with van der Waals surface area (Å²) in [5.74, 6) is 1.04. The van der Waals surface area contributed by atoms with Gasteiger partial charge in [-0.05, 0) is 67.6 Å². The second kappa shape index (κ2) is 5.08. The first-order valence-corrected chi connectivity index (χ1v) is 9.20. The number of rotatable bonds is 2. The van der Waals surface area contributed by atoms with Crippen molar-refractivity contribution in [2.24, 2.45) is 28.1 Å². The van der Waals surface area contributed by atoms with Crippen molar-refractivity contribution in [2.75, 3.05) is 6.61 Å². The van der Waals surface area contributed by atoms with Crippen LogP contribution in [0.15, 0.2) is 12.7 Å². The molecule has 0 saturated heterocycles. The summed E-state index contributed by atoms with van der Waals surface area (Å²) in [5, 5.41) is 21.5. The predicted molar refractivity (Wildman–Crippen MR) is 90.5 cm³/mol. The lowest BCUT2D eigenvalue weighted by Crippen LogP contribution is -2.64. The standard InChI is InChI=1S/C20H34O2/c1-5-19(14-21)12-11-18(4)15(13-19)8-10-20(22)16(18)7-6-9-17(20,2)3/h5,15-16,21-22H,1,6-14H2,2-4H3/t15?,16?,18-,19+,20-/m0/s1. The third kappa shape index (κ3) is 2.06. The van der Waals surface area contributed by atoms with Crippen molar-refractivity contribution in [1.29, 1.82) is 0 Å². The molecule has 0 amide bonds. The second-order valence-electron chi connectivity index (χ2n) is 9.42. The first kappa shape index (κ1) is 16.5. The molecule has 0 bridgehead atoms. The Bertz CT molecular complexity index is 457. The molecule has 2 nitrogen and oxygen atoms in total. The van der Waals surface area contributed by atoms with E-state index in [0.29, 0.717) is 11.8 Å². The number of aliphatic hydroxyl groups is 2. The number of aliphatic hydroxyl groups excluding tert-OH is 1. The average Bonchev–Trinajstić information content (AvgIpc) is 2.49. The maximum absolute atomic E-state index is 11.6. The van der Waals surface area contributed by atoms with Gasteiger partial charge < -0.3 is 10.2 Å². The Morgan fingerprint density at radius 1 is 1.09 bits per heavy atom. The fraction of sp³-hybridized carbons (Fsp3) is 0.900. The number of hydrogen-bond donors (Lipinski definition) is 2. The molecule has 0 aromatic rings. The van der Waals surface area contributed by atoms with Gasteiger partial charge in [0.25, 0.3) is 0 Å². The topological polar surface area (TPSA) is 40.5 Å². The highest BCUT2D eigenvalue weighted by Crippen LogP contribution is 2.66. The van der Waals surface area contributed by atoms with Crippen molar-refractivity contribution < 1.29 is 10.2 Å². The highest BCUT2D eigenvalue weighted by Gasteiger charge is 2.63. The molecule has 0 spiro atoms. The zero-order valence-electron chi connectivity index (χ0n) is 14.7. The molecule has 2 unspecified atom stereocenters. The Morgan fingerprint density at radius 3 is 2.45 bits per heavy atom. The molecule has 126 valence electrons. The van der Waals surface area contributed by atoms with Gasteiger partial charge in [-0.1, -0.05) is 33.3 Å². The summed E-state index contributed by atoms with van der Waals surface area (Å²) in [6.45, 7) is 11.2. The number of hydrogen-bond acceptors (Lipinski definition) is 2. The molecule has 22 heavy (non-hydrogen) atoms. The van der Waals surface area contributed by atoms with Gasteiger partial charge in [-0.15, -0.1) is 6.58 Å². The molecule has 5 atom stereocenters. The summed E-state index contributed by atoms with van der Waals surface area (Å²) in [5.41, 5.74) is -0.312. The lowest BCUT2D eigenvalue weighted by molar-refractivity contribution is -0.226. The quantitative estimate of drug-likeness (QED) is 0.746. The van der Waals surface area contributed by atoms with Crippen molar-refractivity contribution in [3.63, 3.8) is 0 Å². The molecule has 0 aromatic heterocycles. The third-order valence-corrected chi connectivity index (χ3v) is 8.21. The van der Waals surface area contributed by atoms with E-state index in [2.05, 4.69) is 27.4 Å². The molecular weight excluding hydrogens is 272 g/mol. The molecule has 3 rings (SSSR count). The van der Waals surface area contributed by atoms with E-state index < -0.39 is 5.60 Å². The minimum Gasteiger partial charge on any atom is -0.395 e. The molecule has 2 heteroatoms. The normalized spacial score (nSPS) is 50.8. The van der Waals surface area contributed by atoms with Crippen LogP contribution in [-0.4, -0.2) is 22.4 Å². The van der Waals surface area contributed by atoms with Crippen molar-refractivity contribution in [2.45, 2.75) is 77.7 Å². The van der Waals surface area contributed by atoms with E-state index >= 15 is 0 Å². The lowest BCUT2D eigenvalue weighted by Gasteiger charge is -2.65. The van der Waals surface area contributed by atoms with Crippen molar-refractivity contribution in [3.05, 3.63) is 12.7 Å². The largest absolute Gasteiger partial charge is 0.395 e. The van der Waals surface area contributed by atoms with Crippen molar-refractivity contribution >= 4 is 0 Å². The molecule has 3 aliphatic rings. The van der Waals surface area contributed by atoms with Gasteiger partial charge in [-0.3, -0.25) is 0 Å². The Hall–Kier alpha value is -0.340. The summed E-state index contributed by atoms with van der Waals surface area (Å²) in [4.78, 5) is 0. The van der Waals surface area contributed by atoms with E-state index in [4.69, 9.17) is 0 Å². The number of fused-ring (bicyclic) bond motifs is 3. The summed E-state index contributed by atoms with van der Waals surface area (Å²) >= 11 is 0. The zero-order chi connectivity index (χ0) is 16.2. The van der Waals surface area contributed by atoms with Crippen molar-refractivity contribution in [1.82, 2.24) is 0 Å². The van der Waals surface area contributed by atoms with Gasteiger partial charge >= 0.3 is 0 Å². The molecule has 2 N–H and O–H groups in total. The van der Waals surface area contributed by atoms with Crippen LogP contribution in [0.4, 0.5) is 0 Å². The maximum atomic E-state index is 11.6. The van der Waals surface area contributed by atoms with Gasteiger partial charge in [0.1, 0.15) is 0 Å². The summed E-state index contributed by atoms with van der Waals surface area (Å²) in [6.07, 6.45) is 10.8. The van der Waals surface area contributed by atoms with E-state index in [9.17, 15) is 10.2 Å². The Kier molecular flexibility index (Phi) is 3.81. The zero-order valence-corrected chi connectivity index (χ0v) is 14.7. The Morgan fingerprint density at radius 2 is 1.82 bits per heavy atom. The van der Waals surface area contributed by atoms with E-state index in [1.165, 1.54) is 12.8 Å². The van der Waals surface area contributed by atoms with Crippen LogP contribution in [0.1, 0.15) is 72.1 Å². The van der Waals surface area contributed by atoms with Gasteiger partial charge in [-0.2, -0.15) is 0 Å². The fourth-order valence-electron chi connectivity index (χ4n) is 6.29. The van der Waals surface area contributed by atoms with Gasteiger partial charge in [0.2, 0.25) is 0 Å². The molecule has 0 aliphatic heterocycles. The van der Waals surface area contributed by atoms with E-state index in [1.807, 2.05) is 6.08 Å². The first-order valence-electron chi connectivity index (χ1n) is 9.20. The van der Waals surface area contributed by atoms with Gasteiger partial charge in [0.15, 0.2) is 0 Å². The Labute approximate surface area is 136 Å². The molecule has 3 aliphatic carbocycles. The summed E-state index contributed by atoms with van der Waals surface area (Å²) in [6, 6.07) is 0. The monoisotopic (exact) mass is 306 g/mol. The maximum Gasteiger partial charge on any atom is 0.0731 e. The van der Waals surface area contributed by atoms with Crippen LogP contribution in [0.25, 0.3) is 0 Å². The van der Waals surface area contributed by atoms with Crippen LogP contribution in [0, 0.1) is 28.1 Å². The highest BCUT2D eigenvalue weighted by atomic mass is 16.3. The van der Waals surface area contributed by atoms with Crippen LogP contribution in [-0.2, 0) is 0 Å². The fourth-order valence-corrected chi connectivity index (χ4v) is 6.29. The van der Waals surface area contributed by atoms with Gasteiger partial charge in [0.05, 0.1) is 12.2 Å². The van der Waals surface area contributed by atoms with E-state index in [0.717, 1.165) is 38.5 Å². The van der Waals surface area contributed by atoms with Crippen LogP contribution in [0.3, 0.4) is 0 Å². The Balaban J connectivity index is 1.93. The van der Waals surface area contributed by atoms with Crippen molar-refractivity contribution in [3.8, 4) is 0 Å². The molecule has 0 aromatic carbocycles. The van der Waals surface area contributed by atoms with E-state index in [1.54, 1.807) is 0 Å². The minimum absolute atomic E-state index is 0.0356. The molecular formula is C20H34O2. The van der Waals surface area contributed by atoms with Crippen LogP contribution in [0.2, 0.25) is 0 Å². The minimum atomic E-state index is -0.496. The summed E-state index contributed by atoms with van der Waals surface area (Å²) in [7, 11) is 0. The third-order valence-electron chi connectivity index (χ3n) is 8.21. The molecule has 3 fully saturated rings. The highest BCUT2D eigenvalue weighted by molar-refractivity contribution is 5.14. The van der Waals surface area contributed by atoms with Gasteiger partial charge in [-0.25, -0.2) is 0 Å². The molecule has 3 saturated carbocycles. The average molecular weight is 306 g/mol. The smallest absolute Gasteiger partial charge is 0.0731 e. The van der Waals surface area contributed by atoms with Crippen LogP contribution < -0.4 is 0 Å². The van der Waals surface area contributed by atoms with Crippen LogP contribution in [0.5, 0.6) is 0 Å². The van der Waals surface area contributed by atoms with E-state index in [-0.39, 0.29) is 22.9 Å².